The number of ether oxygens (including phenoxy) is 1. The van der Waals surface area contributed by atoms with Crippen molar-refractivity contribution < 1.29 is 9.84 Å². The van der Waals surface area contributed by atoms with E-state index in [0.717, 1.165) is 0 Å². The minimum absolute atomic E-state index is 0.380. The maximum atomic E-state index is 10.4. The fraction of sp³-hybridized carbons (Fsp3) is 0.286. The number of hydrogen-bond donors (Lipinski definition) is 0. The molecule has 1 aromatic heterocycles. The molecule has 0 N–H and O–H groups in total. The Balaban J connectivity index is 2.59. The average molecular weight is 138 g/mol. The second-order valence-electron chi connectivity index (χ2n) is 1.85. The molecule has 0 bridgehead atoms. The topological polar surface area (TPSA) is 42.0 Å². The van der Waals surface area contributed by atoms with E-state index in [0.29, 0.717) is 5.88 Å². The molecule has 0 spiro atoms. The SMILES string of the molecule is CC([O])Oc1ccccn1. The molecule has 3 nitrogen and oxygen atoms in total. The van der Waals surface area contributed by atoms with E-state index >= 15 is 0 Å². The maximum absolute atomic E-state index is 10.4. The second-order valence-corrected chi connectivity index (χ2v) is 1.85. The van der Waals surface area contributed by atoms with Crippen LogP contribution in [0.3, 0.4) is 0 Å². The van der Waals surface area contributed by atoms with Gasteiger partial charge in [-0.15, -0.1) is 0 Å². The molecule has 0 aliphatic carbocycles. The first-order chi connectivity index (χ1) is 4.79. The third kappa shape index (κ3) is 2.03. The summed E-state index contributed by atoms with van der Waals surface area (Å²) in [7, 11) is 0. The summed E-state index contributed by atoms with van der Waals surface area (Å²) in [6, 6.07) is 5.18. The van der Waals surface area contributed by atoms with Crippen molar-refractivity contribution in [2.45, 2.75) is 13.2 Å². The van der Waals surface area contributed by atoms with E-state index in [1.165, 1.54) is 6.92 Å². The summed E-state index contributed by atoms with van der Waals surface area (Å²) in [6.07, 6.45) is 0.535. The maximum Gasteiger partial charge on any atom is 0.230 e. The zero-order chi connectivity index (χ0) is 7.40. The van der Waals surface area contributed by atoms with Crippen LogP contribution in [0.25, 0.3) is 0 Å². The van der Waals surface area contributed by atoms with Gasteiger partial charge in [0.15, 0.2) is 0 Å². The molecule has 0 aliphatic rings. The molecule has 3 heteroatoms. The third-order valence-corrected chi connectivity index (χ3v) is 0.924. The molecule has 0 saturated heterocycles. The number of nitrogens with zero attached hydrogens (tertiary/aromatic N) is 1. The Hall–Kier alpha value is -1.09. The Bertz CT molecular complexity index is 186. The van der Waals surface area contributed by atoms with E-state index in [-0.39, 0.29) is 0 Å². The summed E-state index contributed by atoms with van der Waals surface area (Å²) in [4.78, 5) is 3.80. The van der Waals surface area contributed by atoms with Crippen LogP contribution in [-0.2, 0) is 5.11 Å². The van der Waals surface area contributed by atoms with Crippen LogP contribution in [0.15, 0.2) is 24.4 Å². The molecule has 1 radical (unpaired) electrons. The van der Waals surface area contributed by atoms with Crippen LogP contribution in [0.2, 0.25) is 0 Å². The molecule has 0 aromatic carbocycles. The van der Waals surface area contributed by atoms with Crippen LogP contribution in [0.5, 0.6) is 5.88 Å². The normalized spacial score (nSPS) is 12.6. The van der Waals surface area contributed by atoms with Gasteiger partial charge in [-0.2, -0.15) is 5.11 Å². The van der Waals surface area contributed by atoms with Crippen LogP contribution in [-0.4, -0.2) is 11.3 Å². The van der Waals surface area contributed by atoms with Gasteiger partial charge in [0.1, 0.15) is 0 Å². The zero-order valence-electron chi connectivity index (χ0n) is 5.65. The smallest absolute Gasteiger partial charge is 0.230 e. The summed E-state index contributed by atoms with van der Waals surface area (Å²) < 4.78 is 4.75. The summed E-state index contributed by atoms with van der Waals surface area (Å²) in [6.45, 7) is 1.43. The standard InChI is InChI=1S/C7H8NO2/c1-6(9)10-7-4-2-3-5-8-7/h2-6H,1H3. The molecule has 0 aliphatic heterocycles. The van der Waals surface area contributed by atoms with Crippen LogP contribution in [0, 0.1) is 0 Å². The fourth-order valence-electron chi connectivity index (χ4n) is 0.587. The Kier molecular flexibility index (Phi) is 2.23. The number of hydrogen-bond acceptors (Lipinski definition) is 2. The number of pyridine rings is 1. The van der Waals surface area contributed by atoms with Crippen molar-refractivity contribution in [2.75, 3.05) is 0 Å². The van der Waals surface area contributed by atoms with E-state index < -0.39 is 6.29 Å². The Morgan fingerprint density at radius 1 is 1.60 bits per heavy atom. The van der Waals surface area contributed by atoms with Crippen molar-refractivity contribution in [3.05, 3.63) is 24.4 Å². The lowest BCUT2D eigenvalue weighted by molar-refractivity contribution is -0.0579. The monoisotopic (exact) mass is 138 g/mol. The molecule has 10 heavy (non-hydrogen) atoms. The van der Waals surface area contributed by atoms with Gasteiger partial charge in [0.05, 0.1) is 0 Å². The van der Waals surface area contributed by atoms with Gasteiger partial charge in [-0.25, -0.2) is 4.98 Å². The highest BCUT2D eigenvalue weighted by Gasteiger charge is 1.97. The second kappa shape index (κ2) is 3.17. The Morgan fingerprint density at radius 2 is 2.40 bits per heavy atom. The molecular weight excluding hydrogens is 130 g/mol. The largest absolute Gasteiger partial charge is 0.445 e. The Labute approximate surface area is 59.3 Å². The number of rotatable bonds is 2. The predicted molar refractivity (Wildman–Crippen MR) is 35.0 cm³/mol. The van der Waals surface area contributed by atoms with Crippen molar-refractivity contribution in [1.82, 2.24) is 4.98 Å². The highest BCUT2D eigenvalue weighted by atomic mass is 16.6. The molecule has 53 valence electrons. The molecule has 1 atom stereocenters. The lowest BCUT2D eigenvalue weighted by Gasteiger charge is -2.03. The van der Waals surface area contributed by atoms with Crippen molar-refractivity contribution in [3.63, 3.8) is 0 Å². The van der Waals surface area contributed by atoms with Gasteiger partial charge in [-0.05, 0) is 6.07 Å². The minimum Gasteiger partial charge on any atom is -0.445 e. The van der Waals surface area contributed by atoms with Gasteiger partial charge in [0.25, 0.3) is 0 Å². The van der Waals surface area contributed by atoms with Crippen molar-refractivity contribution >= 4 is 0 Å². The molecule has 1 rings (SSSR count). The van der Waals surface area contributed by atoms with Crippen molar-refractivity contribution in [2.24, 2.45) is 0 Å². The van der Waals surface area contributed by atoms with Crippen LogP contribution < -0.4 is 4.74 Å². The Morgan fingerprint density at radius 3 is 2.90 bits per heavy atom. The van der Waals surface area contributed by atoms with Gasteiger partial charge in [0, 0.05) is 19.2 Å². The van der Waals surface area contributed by atoms with E-state index in [2.05, 4.69) is 4.98 Å². The van der Waals surface area contributed by atoms with Crippen molar-refractivity contribution in [1.29, 1.82) is 0 Å². The lowest BCUT2D eigenvalue weighted by Crippen LogP contribution is -2.08. The van der Waals surface area contributed by atoms with E-state index in [9.17, 15) is 5.11 Å². The first-order valence-corrected chi connectivity index (χ1v) is 3.02. The quantitative estimate of drug-likeness (QED) is 0.577. The van der Waals surface area contributed by atoms with Gasteiger partial charge in [0.2, 0.25) is 12.2 Å². The lowest BCUT2D eigenvalue weighted by atomic mass is 10.5. The highest BCUT2D eigenvalue weighted by Crippen LogP contribution is 2.04. The van der Waals surface area contributed by atoms with Crippen molar-refractivity contribution in [3.8, 4) is 5.88 Å². The molecule has 1 unspecified atom stereocenters. The predicted octanol–water partition coefficient (Wildman–Crippen LogP) is 1.24. The molecular formula is C7H8NO2. The van der Waals surface area contributed by atoms with Gasteiger partial charge >= 0.3 is 0 Å². The van der Waals surface area contributed by atoms with E-state index in [4.69, 9.17) is 4.74 Å². The number of aromatic nitrogens is 1. The molecule has 0 saturated carbocycles. The average Bonchev–Trinajstić information content (AvgIpc) is 1.88. The summed E-state index contributed by atoms with van der Waals surface area (Å²) >= 11 is 0. The van der Waals surface area contributed by atoms with Crippen LogP contribution in [0.1, 0.15) is 6.92 Å². The fourth-order valence-corrected chi connectivity index (χ4v) is 0.587. The van der Waals surface area contributed by atoms with E-state index in [1.54, 1.807) is 24.4 Å². The molecule has 1 heterocycles. The summed E-state index contributed by atoms with van der Waals surface area (Å²) in [5.41, 5.74) is 0. The van der Waals surface area contributed by atoms with Crippen LogP contribution in [0.4, 0.5) is 0 Å². The first kappa shape index (κ1) is 7.02. The van der Waals surface area contributed by atoms with Crippen LogP contribution >= 0.6 is 0 Å². The molecule has 0 amide bonds. The van der Waals surface area contributed by atoms with Gasteiger partial charge < -0.3 is 4.74 Å². The van der Waals surface area contributed by atoms with Gasteiger partial charge in [-0.3, -0.25) is 0 Å². The van der Waals surface area contributed by atoms with Gasteiger partial charge in [-0.1, -0.05) is 6.07 Å². The summed E-state index contributed by atoms with van der Waals surface area (Å²) in [5.74, 6) is 0.380. The highest BCUT2D eigenvalue weighted by molar-refractivity contribution is 5.08. The minimum atomic E-state index is -1.05. The summed E-state index contributed by atoms with van der Waals surface area (Å²) in [5, 5.41) is 10.4. The third-order valence-electron chi connectivity index (χ3n) is 0.924. The molecule has 1 aromatic rings. The first-order valence-electron chi connectivity index (χ1n) is 3.02. The van der Waals surface area contributed by atoms with E-state index in [1.807, 2.05) is 0 Å². The molecule has 0 fully saturated rings. The zero-order valence-corrected chi connectivity index (χ0v) is 5.65.